The van der Waals surface area contributed by atoms with Crippen LogP contribution in [0.2, 0.25) is 0 Å². The zero-order chi connectivity index (χ0) is 11.5. The highest BCUT2D eigenvalue weighted by Gasteiger charge is 2.18. The van der Waals surface area contributed by atoms with Crippen LogP contribution in [-0.2, 0) is 6.54 Å². The summed E-state index contributed by atoms with van der Waals surface area (Å²) in [4.78, 5) is 1.99. The Bertz CT molecular complexity index is 370. The number of aliphatic hydroxyl groups is 1. The summed E-state index contributed by atoms with van der Waals surface area (Å²) in [5.41, 5.74) is 0.482. The second kappa shape index (κ2) is 4.89. The third-order valence-electron chi connectivity index (χ3n) is 2.89. The minimum absolute atomic E-state index is 0.322. The molecular weight excluding hydrogens is 212 g/mol. The third-order valence-corrected chi connectivity index (χ3v) is 2.89. The highest BCUT2D eigenvalue weighted by Crippen LogP contribution is 2.16. The van der Waals surface area contributed by atoms with Gasteiger partial charge in [0.1, 0.15) is 11.6 Å². The summed E-state index contributed by atoms with van der Waals surface area (Å²) in [5, 5.41) is 9.48. The maximum absolute atomic E-state index is 13.4. The molecule has 1 N–H and O–H groups in total. The van der Waals surface area contributed by atoms with Gasteiger partial charge in [-0.25, -0.2) is 8.78 Å². The van der Waals surface area contributed by atoms with Crippen LogP contribution >= 0.6 is 0 Å². The highest BCUT2D eigenvalue weighted by atomic mass is 19.1. The molecule has 0 bridgehead atoms. The lowest BCUT2D eigenvalue weighted by molar-refractivity contribution is 0.0662. The average Bonchev–Trinajstić information content (AvgIpc) is 2.22. The van der Waals surface area contributed by atoms with Crippen molar-refractivity contribution in [1.82, 2.24) is 4.90 Å². The number of halogens is 2. The first kappa shape index (κ1) is 11.5. The first-order valence-corrected chi connectivity index (χ1v) is 5.49. The van der Waals surface area contributed by atoms with Crippen molar-refractivity contribution in [3.05, 3.63) is 35.4 Å². The van der Waals surface area contributed by atoms with Gasteiger partial charge in [0, 0.05) is 24.7 Å². The Morgan fingerprint density at radius 3 is 2.88 bits per heavy atom. The summed E-state index contributed by atoms with van der Waals surface area (Å²) in [6.07, 6.45) is 1.41. The molecular formula is C12H15F2NO. The number of rotatable bonds is 2. The first-order valence-electron chi connectivity index (χ1n) is 5.49. The van der Waals surface area contributed by atoms with E-state index in [1.54, 1.807) is 0 Å². The Kier molecular flexibility index (Phi) is 3.51. The van der Waals surface area contributed by atoms with Crippen molar-refractivity contribution in [1.29, 1.82) is 0 Å². The normalized spacial score (nSPS) is 22.3. The molecule has 2 nitrogen and oxygen atoms in total. The smallest absolute Gasteiger partial charge is 0.130 e. The maximum atomic E-state index is 13.4. The molecule has 1 aliphatic rings. The van der Waals surface area contributed by atoms with Gasteiger partial charge in [0.25, 0.3) is 0 Å². The van der Waals surface area contributed by atoms with Crippen LogP contribution in [0.25, 0.3) is 0 Å². The fraction of sp³-hybridized carbons (Fsp3) is 0.500. The minimum Gasteiger partial charge on any atom is -0.392 e. The van der Waals surface area contributed by atoms with Gasteiger partial charge in [0.2, 0.25) is 0 Å². The van der Waals surface area contributed by atoms with E-state index in [4.69, 9.17) is 0 Å². The van der Waals surface area contributed by atoms with E-state index in [0.29, 0.717) is 18.7 Å². The molecule has 1 aliphatic heterocycles. The molecule has 1 atom stereocenters. The monoisotopic (exact) mass is 227 g/mol. The van der Waals surface area contributed by atoms with Gasteiger partial charge in [-0.1, -0.05) is 6.07 Å². The predicted octanol–water partition coefficient (Wildman–Crippen LogP) is 1.92. The first-order chi connectivity index (χ1) is 7.65. The lowest BCUT2D eigenvalue weighted by Gasteiger charge is -2.30. The van der Waals surface area contributed by atoms with E-state index in [0.717, 1.165) is 25.5 Å². The van der Waals surface area contributed by atoms with Crippen LogP contribution in [-0.4, -0.2) is 29.2 Å². The standard InChI is InChI=1S/C12H15F2NO/c13-10-4-3-9(12(14)6-10)7-15-5-1-2-11(16)8-15/h3-4,6,11,16H,1-2,5,7-8H2/t11-/m0/s1. The van der Waals surface area contributed by atoms with Crippen molar-refractivity contribution in [2.24, 2.45) is 0 Å². The number of hydrogen-bond acceptors (Lipinski definition) is 2. The van der Waals surface area contributed by atoms with Crippen molar-refractivity contribution < 1.29 is 13.9 Å². The van der Waals surface area contributed by atoms with Crippen molar-refractivity contribution in [2.45, 2.75) is 25.5 Å². The van der Waals surface area contributed by atoms with Crippen molar-refractivity contribution >= 4 is 0 Å². The van der Waals surface area contributed by atoms with Crippen LogP contribution in [0.5, 0.6) is 0 Å². The Morgan fingerprint density at radius 2 is 2.19 bits per heavy atom. The minimum atomic E-state index is -0.556. The Hall–Kier alpha value is -1.00. The van der Waals surface area contributed by atoms with Gasteiger partial charge in [-0.3, -0.25) is 4.90 Å². The number of piperidine rings is 1. The van der Waals surface area contributed by atoms with Crippen LogP contribution in [0.15, 0.2) is 18.2 Å². The molecule has 88 valence electrons. The molecule has 1 saturated heterocycles. The zero-order valence-corrected chi connectivity index (χ0v) is 9.00. The van der Waals surface area contributed by atoms with Gasteiger partial charge in [-0.05, 0) is 25.5 Å². The SMILES string of the molecule is O[C@H]1CCCN(Cc2ccc(F)cc2F)C1. The van der Waals surface area contributed by atoms with Crippen LogP contribution in [0.4, 0.5) is 8.78 Å². The van der Waals surface area contributed by atoms with E-state index >= 15 is 0 Å². The van der Waals surface area contributed by atoms with Gasteiger partial charge in [-0.15, -0.1) is 0 Å². The van der Waals surface area contributed by atoms with E-state index in [1.165, 1.54) is 12.1 Å². The summed E-state index contributed by atoms with van der Waals surface area (Å²) in [6.45, 7) is 1.86. The Morgan fingerprint density at radius 1 is 1.38 bits per heavy atom. The number of hydrogen-bond donors (Lipinski definition) is 1. The predicted molar refractivity (Wildman–Crippen MR) is 56.9 cm³/mol. The number of aliphatic hydroxyl groups excluding tert-OH is 1. The molecule has 1 fully saturated rings. The summed E-state index contributed by atoms with van der Waals surface area (Å²) in [7, 11) is 0. The molecule has 1 aromatic carbocycles. The largest absolute Gasteiger partial charge is 0.392 e. The molecule has 16 heavy (non-hydrogen) atoms. The lowest BCUT2D eigenvalue weighted by atomic mass is 10.1. The summed E-state index contributed by atoms with van der Waals surface area (Å²) >= 11 is 0. The van der Waals surface area contributed by atoms with Gasteiger partial charge in [0.05, 0.1) is 6.10 Å². The fourth-order valence-electron chi connectivity index (χ4n) is 2.07. The lowest BCUT2D eigenvalue weighted by Crippen LogP contribution is -2.37. The van der Waals surface area contributed by atoms with Crippen LogP contribution in [0, 0.1) is 11.6 Å². The Labute approximate surface area is 93.5 Å². The van der Waals surface area contributed by atoms with Crippen LogP contribution < -0.4 is 0 Å². The molecule has 4 heteroatoms. The van der Waals surface area contributed by atoms with Gasteiger partial charge >= 0.3 is 0 Å². The summed E-state index contributed by atoms with van der Waals surface area (Å²) in [5.74, 6) is -1.07. The quantitative estimate of drug-likeness (QED) is 0.834. The number of β-amino-alcohol motifs (C(OH)–C–C–N with tert-alkyl or cyclic N) is 1. The highest BCUT2D eigenvalue weighted by molar-refractivity contribution is 5.18. The van der Waals surface area contributed by atoms with E-state index < -0.39 is 11.6 Å². The average molecular weight is 227 g/mol. The van der Waals surface area contributed by atoms with Crippen molar-refractivity contribution in [3.8, 4) is 0 Å². The third kappa shape index (κ3) is 2.77. The zero-order valence-electron chi connectivity index (χ0n) is 9.00. The summed E-state index contributed by atoms with van der Waals surface area (Å²) in [6, 6.07) is 3.63. The fourth-order valence-corrected chi connectivity index (χ4v) is 2.07. The number of nitrogens with zero attached hydrogens (tertiary/aromatic N) is 1. The van der Waals surface area contributed by atoms with Gasteiger partial charge < -0.3 is 5.11 Å². The number of benzene rings is 1. The van der Waals surface area contributed by atoms with Crippen molar-refractivity contribution in [3.63, 3.8) is 0 Å². The second-order valence-corrected chi connectivity index (χ2v) is 4.27. The van der Waals surface area contributed by atoms with E-state index in [1.807, 2.05) is 4.90 Å². The topological polar surface area (TPSA) is 23.5 Å². The maximum Gasteiger partial charge on any atom is 0.130 e. The Balaban J connectivity index is 2.02. The van der Waals surface area contributed by atoms with Crippen molar-refractivity contribution in [2.75, 3.05) is 13.1 Å². The molecule has 0 aliphatic carbocycles. The van der Waals surface area contributed by atoms with Gasteiger partial charge in [-0.2, -0.15) is 0 Å². The molecule has 1 aromatic rings. The van der Waals surface area contributed by atoms with Crippen LogP contribution in [0.1, 0.15) is 18.4 Å². The van der Waals surface area contributed by atoms with E-state index in [9.17, 15) is 13.9 Å². The summed E-state index contributed by atoms with van der Waals surface area (Å²) < 4.78 is 26.1. The molecule has 0 spiro atoms. The molecule has 0 radical (unpaired) electrons. The van der Waals surface area contributed by atoms with Gasteiger partial charge in [0.15, 0.2) is 0 Å². The second-order valence-electron chi connectivity index (χ2n) is 4.27. The molecule has 1 heterocycles. The molecule has 0 amide bonds. The number of likely N-dealkylation sites (tertiary alicyclic amines) is 1. The van der Waals surface area contributed by atoms with Crippen LogP contribution in [0.3, 0.4) is 0 Å². The molecule has 0 aromatic heterocycles. The van der Waals surface area contributed by atoms with E-state index in [-0.39, 0.29) is 6.10 Å². The molecule has 0 saturated carbocycles. The van der Waals surface area contributed by atoms with E-state index in [2.05, 4.69) is 0 Å². The molecule has 0 unspecified atom stereocenters. The molecule has 2 rings (SSSR count).